The molecule has 0 aliphatic heterocycles. The minimum Gasteiger partial charge on any atom is -0.497 e. The summed E-state index contributed by atoms with van der Waals surface area (Å²) in [6, 6.07) is 11.3. The highest BCUT2D eigenvalue weighted by Gasteiger charge is 2.21. The summed E-state index contributed by atoms with van der Waals surface area (Å²) in [5.41, 5.74) is 0.356. The minimum absolute atomic E-state index is 0.356. The SMILES string of the molecule is CCOc1cc(Sc2ccc(OC)cc2)c(OCC)cc1[N+]#N.O=S(=O)(O)O. The lowest BCUT2D eigenvalue weighted by atomic mass is 10.3. The van der Waals surface area contributed by atoms with Crippen molar-refractivity contribution in [2.24, 2.45) is 0 Å². The summed E-state index contributed by atoms with van der Waals surface area (Å²) in [5.74, 6) is 1.99. The molecule has 0 fully saturated rings. The molecule has 2 aromatic carbocycles. The zero-order valence-corrected chi connectivity index (χ0v) is 17.2. The number of nitrogens with zero attached hydrogens (tertiary/aromatic N) is 2. The van der Waals surface area contributed by atoms with Crippen LogP contribution in [0.3, 0.4) is 0 Å². The molecule has 0 saturated carbocycles. The van der Waals surface area contributed by atoms with E-state index < -0.39 is 10.4 Å². The molecule has 0 radical (unpaired) electrons. The lowest BCUT2D eigenvalue weighted by Gasteiger charge is -2.11. The Morgan fingerprint density at radius 3 is 2.04 bits per heavy atom. The number of benzene rings is 2. The molecule has 2 aromatic rings. The fraction of sp³-hybridized carbons (Fsp3) is 0.294. The van der Waals surface area contributed by atoms with Gasteiger partial charge in [0.2, 0.25) is 11.1 Å². The van der Waals surface area contributed by atoms with Gasteiger partial charge in [0, 0.05) is 11.0 Å². The highest BCUT2D eigenvalue weighted by atomic mass is 32.3. The van der Waals surface area contributed by atoms with Crippen molar-refractivity contribution in [3.05, 3.63) is 41.4 Å². The van der Waals surface area contributed by atoms with Crippen LogP contribution in [0.5, 0.6) is 17.2 Å². The second-order valence-electron chi connectivity index (χ2n) is 4.96. The fourth-order valence-corrected chi connectivity index (χ4v) is 2.91. The molecular weight excluding hydrogens is 408 g/mol. The third-order valence-corrected chi connectivity index (χ3v) is 4.07. The fourth-order valence-electron chi connectivity index (χ4n) is 2.00. The maximum Gasteiger partial charge on any atom is 0.430 e. The van der Waals surface area contributed by atoms with E-state index in [-0.39, 0.29) is 0 Å². The van der Waals surface area contributed by atoms with E-state index in [1.165, 1.54) is 0 Å². The van der Waals surface area contributed by atoms with Gasteiger partial charge >= 0.3 is 16.1 Å². The standard InChI is InChI=1S/C17H19N2O3S.H2O4S/c1-4-21-15-11-17(16(22-5-2)10-14(15)19-18)23-13-8-6-12(20-3)7-9-13;1-5(2,3)4/h6-11H,4-5H2,1-3H3;(H2,1,2,3,4)/q+1;. The van der Waals surface area contributed by atoms with Gasteiger partial charge in [-0.1, -0.05) is 11.8 Å². The highest BCUT2D eigenvalue weighted by Crippen LogP contribution is 2.42. The third kappa shape index (κ3) is 8.45. The Bertz CT molecular complexity index is 902. The minimum atomic E-state index is -4.67. The molecule has 2 rings (SSSR count). The van der Waals surface area contributed by atoms with Gasteiger partial charge in [0.25, 0.3) is 0 Å². The molecular formula is C17H21N2O7S2+. The molecule has 0 amide bonds. The van der Waals surface area contributed by atoms with Gasteiger partial charge in [0.05, 0.1) is 31.3 Å². The zero-order valence-electron chi connectivity index (χ0n) is 15.5. The maximum absolute atomic E-state index is 9.14. The third-order valence-electron chi connectivity index (χ3n) is 3.02. The first-order valence-corrected chi connectivity index (χ1v) is 10.2. The van der Waals surface area contributed by atoms with E-state index in [2.05, 4.69) is 4.98 Å². The molecule has 9 nitrogen and oxygen atoms in total. The van der Waals surface area contributed by atoms with Crippen LogP contribution in [0.4, 0.5) is 5.69 Å². The molecule has 0 aromatic heterocycles. The molecule has 0 aliphatic carbocycles. The monoisotopic (exact) mass is 429 g/mol. The van der Waals surface area contributed by atoms with E-state index in [0.29, 0.717) is 30.4 Å². The van der Waals surface area contributed by atoms with Crippen molar-refractivity contribution in [3.63, 3.8) is 0 Å². The summed E-state index contributed by atoms with van der Waals surface area (Å²) in [7, 11) is -3.03. The number of diazo groups is 1. The second kappa shape index (κ2) is 11.4. The number of methoxy groups -OCH3 is 1. The normalized spacial score (nSPS) is 10.3. The van der Waals surface area contributed by atoms with Crippen LogP contribution in [0.15, 0.2) is 46.2 Å². The lowest BCUT2D eigenvalue weighted by Crippen LogP contribution is -1.96. The molecule has 0 aliphatic rings. The molecule has 0 spiro atoms. The van der Waals surface area contributed by atoms with Gasteiger partial charge in [-0.15, -0.1) is 0 Å². The first-order chi connectivity index (χ1) is 13.2. The smallest absolute Gasteiger partial charge is 0.430 e. The summed E-state index contributed by atoms with van der Waals surface area (Å²) in [6.07, 6.45) is 0. The summed E-state index contributed by atoms with van der Waals surface area (Å²) in [4.78, 5) is 5.21. The Morgan fingerprint density at radius 2 is 1.57 bits per heavy atom. The predicted octanol–water partition coefficient (Wildman–Crippen LogP) is 4.48. The van der Waals surface area contributed by atoms with Crippen molar-refractivity contribution in [1.29, 1.82) is 5.39 Å². The number of ether oxygens (including phenoxy) is 3. The van der Waals surface area contributed by atoms with Crippen LogP contribution < -0.4 is 14.2 Å². The zero-order chi connectivity index (χ0) is 21.2. The number of hydrogen-bond donors (Lipinski definition) is 2. The van der Waals surface area contributed by atoms with Crippen molar-refractivity contribution < 1.29 is 31.7 Å². The topological polar surface area (TPSA) is 130 Å². The maximum atomic E-state index is 9.14. The van der Waals surface area contributed by atoms with Crippen LogP contribution in [0.1, 0.15) is 13.8 Å². The Morgan fingerprint density at radius 1 is 1.04 bits per heavy atom. The van der Waals surface area contributed by atoms with Crippen LogP contribution >= 0.6 is 11.8 Å². The van der Waals surface area contributed by atoms with Crippen molar-refractivity contribution in [2.45, 2.75) is 23.6 Å². The number of rotatable bonds is 7. The van der Waals surface area contributed by atoms with Gasteiger partial charge < -0.3 is 14.2 Å². The average molecular weight is 429 g/mol. The summed E-state index contributed by atoms with van der Waals surface area (Å²) in [6.45, 7) is 4.81. The predicted molar refractivity (Wildman–Crippen MR) is 105 cm³/mol. The Hall–Kier alpha value is -2.52. The molecule has 0 heterocycles. The van der Waals surface area contributed by atoms with Crippen LogP contribution in [0.25, 0.3) is 4.98 Å². The van der Waals surface area contributed by atoms with Gasteiger partial charge in [-0.25, -0.2) is 0 Å². The Labute approximate surface area is 167 Å². The number of hydrogen-bond acceptors (Lipinski definition) is 7. The Kier molecular flexibility index (Phi) is 9.54. The van der Waals surface area contributed by atoms with Gasteiger partial charge in [-0.2, -0.15) is 8.42 Å². The van der Waals surface area contributed by atoms with E-state index in [1.807, 2.05) is 44.2 Å². The van der Waals surface area contributed by atoms with Crippen LogP contribution in [0.2, 0.25) is 0 Å². The van der Waals surface area contributed by atoms with Gasteiger partial charge in [-0.3, -0.25) is 9.11 Å². The van der Waals surface area contributed by atoms with E-state index in [0.717, 1.165) is 15.5 Å². The van der Waals surface area contributed by atoms with E-state index in [1.54, 1.807) is 24.9 Å². The molecule has 11 heteroatoms. The first kappa shape index (κ1) is 23.5. The molecule has 0 bridgehead atoms. The van der Waals surface area contributed by atoms with E-state index in [9.17, 15) is 0 Å². The largest absolute Gasteiger partial charge is 0.497 e. The molecule has 152 valence electrons. The van der Waals surface area contributed by atoms with Gasteiger partial charge in [0.15, 0.2) is 4.98 Å². The van der Waals surface area contributed by atoms with Crippen molar-refractivity contribution >= 4 is 27.8 Å². The molecule has 0 unspecified atom stereocenters. The van der Waals surface area contributed by atoms with Crippen LogP contribution in [-0.2, 0) is 10.4 Å². The molecule has 28 heavy (non-hydrogen) atoms. The van der Waals surface area contributed by atoms with E-state index >= 15 is 0 Å². The van der Waals surface area contributed by atoms with Crippen LogP contribution in [-0.4, -0.2) is 37.8 Å². The first-order valence-electron chi connectivity index (χ1n) is 8.02. The Balaban J connectivity index is 0.000000696. The van der Waals surface area contributed by atoms with Gasteiger partial charge in [0.1, 0.15) is 11.5 Å². The summed E-state index contributed by atoms with van der Waals surface area (Å²) < 4.78 is 47.9. The van der Waals surface area contributed by atoms with Crippen molar-refractivity contribution in [1.82, 2.24) is 0 Å². The van der Waals surface area contributed by atoms with Crippen LogP contribution in [0, 0.1) is 5.39 Å². The van der Waals surface area contributed by atoms with Crippen molar-refractivity contribution in [3.8, 4) is 17.2 Å². The molecule has 0 saturated heterocycles. The van der Waals surface area contributed by atoms with Gasteiger partial charge in [-0.05, 0) is 38.1 Å². The average Bonchev–Trinajstić information content (AvgIpc) is 2.63. The lowest BCUT2D eigenvalue weighted by molar-refractivity contribution is 0.325. The van der Waals surface area contributed by atoms with E-state index in [4.69, 9.17) is 37.1 Å². The summed E-state index contributed by atoms with van der Waals surface area (Å²) in [5, 5.41) is 9.14. The quantitative estimate of drug-likeness (QED) is 0.483. The second-order valence-corrected chi connectivity index (χ2v) is 6.97. The summed E-state index contributed by atoms with van der Waals surface area (Å²) >= 11 is 1.55. The highest BCUT2D eigenvalue weighted by molar-refractivity contribution is 7.99. The van der Waals surface area contributed by atoms with Crippen molar-refractivity contribution in [2.75, 3.05) is 20.3 Å². The molecule has 0 atom stereocenters. The molecule has 2 N–H and O–H groups in total.